The van der Waals surface area contributed by atoms with Crippen LogP contribution in [0, 0.1) is 0 Å². The highest BCUT2D eigenvalue weighted by atomic mass is 16.5. The van der Waals surface area contributed by atoms with Gasteiger partial charge in [0.05, 0.1) is 14.2 Å². The minimum absolute atomic E-state index is 0.113. The summed E-state index contributed by atoms with van der Waals surface area (Å²) in [5.74, 6) is -0.213. The lowest BCUT2D eigenvalue weighted by Gasteiger charge is -2.17. The van der Waals surface area contributed by atoms with E-state index in [0.717, 1.165) is 12.8 Å². The van der Waals surface area contributed by atoms with Gasteiger partial charge in [0.25, 0.3) is 0 Å². The van der Waals surface area contributed by atoms with Crippen LogP contribution in [0.25, 0.3) is 0 Å². The molecule has 0 aliphatic heterocycles. The molecule has 0 saturated heterocycles. The molecule has 1 aliphatic rings. The van der Waals surface area contributed by atoms with Crippen molar-refractivity contribution in [2.24, 2.45) is 0 Å². The molecular formula is C19H30O4. The van der Waals surface area contributed by atoms with Crippen molar-refractivity contribution in [1.29, 1.82) is 0 Å². The number of carbonyl (C=O) groups excluding carboxylic acids is 2. The van der Waals surface area contributed by atoms with E-state index >= 15 is 0 Å². The maximum Gasteiger partial charge on any atom is 0.227 e. The Morgan fingerprint density at radius 2 is 1.39 bits per heavy atom. The molecule has 0 aromatic carbocycles. The minimum Gasteiger partial charge on any atom is -0.493 e. The van der Waals surface area contributed by atoms with Crippen molar-refractivity contribution in [3.8, 4) is 0 Å². The van der Waals surface area contributed by atoms with Gasteiger partial charge in [0.15, 0.2) is 11.5 Å². The number of allylic oxidation sites excluding steroid dienone is 2. The fourth-order valence-electron chi connectivity index (χ4n) is 2.87. The van der Waals surface area contributed by atoms with Gasteiger partial charge in [-0.2, -0.15) is 0 Å². The van der Waals surface area contributed by atoms with Crippen molar-refractivity contribution >= 4 is 11.6 Å². The molecule has 0 aromatic heterocycles. The van der Waals surface area contributed by atoms with Gasteiger partial charge in [0.2, 0.25) is 11.6 Å². The molecule has 4 heteroatoms. The molecule has 0 unspecified atom stereocenters. The van der Waals surface area contributed by atoms with E-state index in [4.69, 9.17) is 9.47 Å². The van der Waals surface area contributed by atoms with Crippen molar-refractivity contribution in [3.05, 3.63) is 23.2 Å². The van der Waals surface area contributed by atoms with Gasteiger partial charge in [-0.1, -0.05) is 58.3 Å². The van der Waals surface area contributed by atoms with Gasteiger partial charge in [0.1, 0.15) is 0 Å². The lowest BCUT2D eigenvalue weighted by atomic mass is 9.94. The summed E-state index contributed by atoms with van der Waals surface area (Å²) < 4.78 is 10.1. The zero-order valence-electron chi connectivity index (χ0n) is 14.8. The van der Waals surface area contributed by atoms with Crippen molar-refractivity contribution in [2.75, 3.05) is 14.2 Å². The quantitative estimate of drug-likeness (QED) is 0.392. The van der Waals surface area contributed by atoms with Crippen molar-refractivity contribution in [3.63, 3.8) is 0 Å². The standard InChI is InChI=1S/C19H30O4/c1-4-5-6-7-8-9-10-11-12-13-15-18(21)17(22-2)14-16(20)19(15)23-3/h14H,4-13H2,1-3H3. The predicted octanol–water partition coefficient (Wildman–Crippen LogP) is 4.49. The molecule has 0 bridgehead atoms. The van der Waals surface area contributed by atoms with Crippen LogP contribution in [0.1, 0.15) is 71.1 Å². The number of methoxy groups -OCH3 is 2. The van der Waals surface area contributed by atoms with E-state index in [1.165, 1.54) is 65.2 Å². The van der Waals surface area contributed by atoms with Gasteiger partial charge in [-0.15, -0.1) is 0 Å². The molecule has 130 valence electrons. The third-order valence-electron chi connectivity index (χ3n) is 4.21. The van der Waals surface area contributed by atoms with E-state index in [2.05, 4.69) is 6.92 Å². The fourth-order valence-corrected chi connectivity index (χ4v) is 2.87. The molecule has 23 heavy (non-hydrogen) atoms. The van der Waals surface area contributed by atoms with E-state index in [1.54, 1.807) is 0 Å². The molecule has 0 atom stereocenters. The Labute approximate surface area is 139 Å². The molecule has 0 amide bonds. The Hall–Kier alpha value is -1.58. The zero-order chi connectivity index (χ0) is 17.1. The third-order valence-corrected chi connectivity index (χ3v) is 4.21. The summed E-state index contributed by atoms with van der Waals surface area (Å²) in [5, 5.41) is 0. The molecule has 1 aliphatic carbocycles. The number of unbranched alkanes of at least 4 members (excludes halogenated alkanes) is 8. The normalized spacial score (nSPS) is 15.0. The molecule has 0 saturated carbocycles. The topological polar surface area (TPSA) is 52.6 Å². The van der Waals surface area contributed by atoms with Crippen LogP contribution in [0.15, 0.2) is 23.2 Å². The Kier molecular flexibility index (Phi) is 9.34. The summed E-state index contributed by atoms with van der Waals surface area (Å²) in [6.45, 7) is 2.23. The van der Waals surface area contributed by atoms with Crippen molar-refractivity contribution in [2.45, 2.75) is 71.1 Å². The van der Waals surface area contributed by atoms with Crippen LogP contribution in [-0.4, -0.2) is 25.8 Å². The molecule has 1 rings (SSSR count). The monoisotopic (exact) mass is 322 g/mol. The van der Waals surface area contributed by atoms with Crippen molar-refractivity contribution < 1.29 is 19.1 Å². The molecule has 0 N–H and O–H groups in total. The first-order chi connectivity index (χ1) is 11.2. The number of carbonyl (C=O) groups is 2. The number of hydrogen-bond acceptors (Lipinski definition) is 4. The van der Waals surface area contributed by atoms with E-state index in [9.17, 15) is 9.59 Å². The number of ketones is 2. The summed E-state index contributed by atoms with van der Waals surface area (Å²) in [7, 11) is 2.84. The van der Waals surface area contributed by atoms with E-state index in [0.29, 0.717) is 12.0 Å². The summed E-state index contributed by atoms with van der Waals surface area (Å²) in [6.07, 6.45) is 12.7. The first kappa shape index (κ1) is 19.5. The second-order valence-corrected chi connectivity index (χ2v) is 6.00. The van der Waals surface area contributed by atoms with Gasteiger partial charge in [-0.3, -0.25) is 9.59 Å². The number of hydrogen-bond donors (Lipinski definition) is 0. The molecule has 4 nitrogen and oxygen atoms in total. The third kappa shape index (κ3) is 6.20. The number of Topliss-reactive ketones (excluding diaryl/α,β-unsaturated/α-hetero) is 1. The minimum atomic E-state index is -0.283. The Morgan fingerprint density at radius 3 is 1.91 bits per heavy atom. The average molecular weight is 322 g/mol. The Bertz CT molecular complexity index is 460. The molecule has 0 fully saturated rings. The maximum atomic E-state index is 12.3. The lowest BCUT2D eigenvalue weighted by Crippen LogP contribution is -2.21. The van der Waals surface area contributed by atoms with Crippen LogP contribution in [-0.2, 0) is 19.1 Å². The first-order valence-corrected chi connectivity index (χ1v) is 8.77. The van der Waals surface area contributed by atoms with Crippen molar-refractivity contribution in [1.82, 2.24) is 0 Å². The van der Waals surface area contributed by atoms with E-state index in [1.807, 2.05) is 0 Å². The SMILES string of the molecule is CCCCCCCCCCCC1=C(OC)C(=O)C=C(OC)C1=O. The number of ether oxygens (including phenoxy) is 2. The maximum absolute atomic E-state index is 12.3. The van der Waals surface area contributed by atoms with Gasteiger partial charge in [0, 0.05) is 11.6 Å². The van der Waals surface area contributed by atoms with Crippen LogP contribution >= 0.6 is 0 Å². The molecule has 0 heterocycles. The summed E-state index contributed by atoms with van der Waals surface area (Å²) in [5.41, 5.74) is 0.458. The highest BCUT2D eigenvalue weighted by Crippen LogP contribution is 2.25. The van der Waals surface area contributed by atoms with Crippen LogP contribution in [0.3, 0.4) is 0 Å². The number of rotatable bonds is 12. The van der Waals surface area contributed by atoms with Gasteiger partial charge < -0.3 is 9.47 Å². The predicted molar refractivity (Wildman–Crippen MR) is 91.0 cm³/mol. The summed E-state index contributed by atoms with van der Waals surface area (Å²) in [6, 6.07) is 0. The largest absolute Gasteiger partial charge is 0.493 e. The van der Waals surface area contributed by atoms with Gasteiger partial charge in [-0.25, -0.2) is 0 Å². The van der Waals surface area contributed by atoms with Crippen LogP contribution in [0.5, 0.6) is 0 Å². The summed E-state index contributed by atoms with van der Waals surface area (Å²) in [4.78, 5) is 24.2. The second kappa shape index (κ2) is 11.0. The Morgan fingerprint density at radius 1 is 0.826 bits per heavy atom. The van der Waals surface area contributed by atoms with Gasteiger partial charge >= 0.3 is 0 Å². The summed E-state index contributed by atoms with van der Waals surface area (Å²) >= 11 is 0. The second-order valence-electron chi connectivity index (χ2n) is 6.00. The highest BCUT2D eigenvalue weighted by Gasteiger charge is 2.29. The lowest BCUT2D eigenvalue weighted by molar-refractivity contribution is -0.120. The highest BCUT2D eigenvalue weighted by molar-refractivity contribution is 6.21. The Balaban J connectivity index is 2.34. The fraction of sp³-hybridized carbons (Fsp3) is 0.684. The van der Waals surface area contributed by atoms with Crippen LogP contribution < -0.4 is 0 Å². The van der Waals surface area contributed by atoms with Gasteiger partial charge in [-0.05, 0) is 12.8 Å². The van der Waals surface area contributed by atoms with Crippen LogP contribution in [0.4, 0.5) is 0 Å². The molecule has 0 aromatic rings. The zero-order valence-corrected chi connectivity index (χ0v) is 14.8. The first-order valence-electron chi connectivity index (χ1n) is 8.77. The average Bonchev–Trinajstić information content (AvgIpc) is 2.55. The molecular weight excluding hydrogens is 292 g/mol. The smallest absolute Gasteiger partial charge is 0.227 e. The van der Waals surface area contributed by atoms with E-state index in [-0.39, 0.29) is 23.1 Å². The molecule has 0 radical (unpaired) electrons. The molecule has 0 spiro atoms. The van der Waals surface area contributed by atoms with Crippen LogP contribution in [0.2, 0.25) is 0 Å². The van der Waals surface area contributed by atoms with E-state index < -0.39 is 0 Å².